The van der Waals surface area contributed by atoms with E-state index in [0.29, 0.717) is 0 Å². The predicted octanol–water partition coefficient (Wildman–Crippen LogP) is 1.22. The van der Waals surface area contributed by atoms with E-state index in [0.717, 1.165) is 29.6 Å². The molecule has 1 rings (SSSR count). The van der Waals surface area contributed by atoms with Gasteiger partial charge in [-0.15, -0.1) is 0 Å². The molecule has 0 aliphatic rings. The van der Waals surface area contributed by atoms with Crippen molar-refractivity contribution in [2.45, 2.75) is 17.7 Å². The molecule has 0 aromatic heterocycles. The topological polar surface area (TPSA) is 118 Å². The van der Waals surface area contributed by atoms with Crippen LogP contribution in [0.2, 0.25) is 0 Å². The minimum absolute atomic E-state index is 0.0359. The first kappa shape index (κ1) is 17.0. The maximum absolute atomic E-state index is 13.5. The van der Waals surface area contributed by atoms with Gasteiger partial charge in [0.2, 0.25) is 15.8 Å². The summed E-state index contributed by atoms with van der Waals surface area (Å²) in [6.07, 6.45) is -0.209. The molecule has 0 atom stereocenters. The molecule has 116 valence electrons. The number of carboxylic acid groups (broad SMARTS) is 1. The van der Waals surface area contributed by atoms with E-state index in [1.807, 2.05) is 0 Å². The highest BCUT2D eigenvalue weighted by Gasteiger charge is 2.32. The van der Waals surface area contributed by atoms with Gasteiger partial charge in [-0.1, -0.05) is 6.07 Å². The van der Waals surface area contributed by atoms with Crippen LogP contribution in [0.3, 0.4) is 0 Å². The third-order valence-electron chi connectivity index (χ3n) is 2.68. The number of halogens is 1. The molecule has 0 saturated carbocycles. The van der Waals surface area contributed by atoms with Crippen LogP contribution in [0.25, 0.3) is 0 Å². The molecule has 0 unspecified atom stereocenters. The van der Waals surface area contributed by atoms with Crippen molar-refractivity contribution in [2.24, 2.45) is 0 Å². The molecule has 21 heavy (non-hydrogen) atoms. The lowest BCUT2D eigenvalue weighted by molar-refractivity contribution is -0.390. The minimum Gasteiger partial charge on any atom is -0.481 e. The molecule has 0 aliphatic carbocycles. The number of hydrogen-bond acceptors (Lipinski definition) is 5. The highest BCUT2D eigenvalue weighted by Crippen LogP contribution is 2.28. The summed E-state index contributed by atoms with van der Waals surface area (Å²) >= 11 is 0. The summed E-state index contributed by atoms with van der Waals surface area (Å²) in [6, 6.07) is 2.78. The first-order valence-corrected chi connectivity index (χ1v) is 7.23. The highest BCUT2D eigenvalue weighted by atomic mass is 32.2. The second-order valence-corrected chi connectivity index (χ2v) is 6.18. The second-order valence-electron chi connectivity index (χ2n) is 4.17. The third-order valence-corrected chi connectivity index (χ3v) is 4.57. The standard InChI is InChI=1S/C11H13FN2O6S/c1-13(7-3-6-10(15)16)21(19,20)9-5-2-4-8(12)11(9)14(17)18/h2,4-5H,3,6-7H2,1H3,(H,15,16). The van der Waals surface area contributed by atoms with Crippen molar-refractivity contribution in [1.29, 1.82) is 0 Å². The van der Waals surface area contributed by atoms with Gasteiger partial charge >= 0.3 is 11.7 Å². The number of hydrogen-bond donors (Lipinski definition) is 1. The summed E-state index contributed by atoms with van der Waals surface area (Å²) in [6.45, 7) is -0.150. The lowest BCUT2D eigenvalue weighted by Crippen LogP contribution is -2.29. The Morgan fingerprint density at radius 3 is 2.62 bits per heavy atom. The fourth-order valence-corrected chi connectivity index (χ4v) is 2.99. The molecule has 0 radical (unpaired) electrons. The quantitative estimate of drug-likeness (QED) is 0.596. The summed E-state index contributed by atoms with van der Waals surface area (Å²) < 4.78 is 38.6. The Balaban J connectivity index is 3.11. The zero-order chi connectivity index (χ0) is 16.2. The van der Waals surface area contributed by atoms with Crippen molar-refractivity contribution < 1.29 is 27.6 Å². The van der Waals surface area contributed by atoms with Gasteiger partial charge in [0.05, 0.1) is 4.92 Å². The lowest BCUT2D eigenvalue weighted by atomic mass is 10.3. The van der Waals surface area contributed by atoms with E-state index >= 15 is 0 Å². The van der Waals surface area contributed by atoms with Crippen LogP contribution in [0.1, 0.15) is 12.8 Å². The number of carbonyl (C=O) groups is 1. The molecule has 0 spiro atoms. The number of rotatable bonds is 7. The Hall–Kier alpha value is -2.07. The number of para-hydroxylation sites is 1. The van der Waals surface area contributed by atoms with E-state index in [1.54, 1.807) is 0 Å². The molecular weight excluding hydrogens is 307 g/mol. The van der Waals surface area contributed by atoms with Crippen LogP contribution in [0.15, 0.2) is 23.1 Å². The molecule has 1 N–H and O–H groups in total. The molecule has 10 heteroatoms. The molecule has 1 aromatic rings. The Morgan fingerprint density at radius 2 is 2.10 bits per heavy atom. The van der Waals surface area contributed by atoms with E-state index in [2.05, 4.69) is 0 Å². The fraction of sp³-hybridized carbons (Fsp3) is 0.364. The average molecular weight is 320 g/mol. The summed E-state index contributed by atoms with van der Waals surface area (Å²) in [7, 11) is -3.13. The normalized spacial score (nSPS) is 11.6. The SMILES string of the molecule is CN(CCCC(=O)O)S(=O)(=O)c1cccc(F)c1[N+](=O)[O-]. The largest absolute Gasteiger partial charge is 0.481 e. The van der Waals surface area contributed by atoms with E-state index in [9.17, 15) is 27.7 Å². The highest BCUT2D eigenvalue weighted by molar-refractivity contribution is 7.89. The Bertz CT molecular complexity index is 661. The molecule has 0 fully saturated rings. The first-order chi connectivity index (χ1) is 9.67. The predicted molar refractivity (Wildman–Crippen MR) is 69.7 cm³/mol. The van der Waals surface area contributed by atoms with Gasteiger partial charge in [-0.3, -0.25) is 14.9 Å². The van der Waals surface area contributed by atoms with Gasteiger partial charge in [-0.2, -0.15) is 4.39 Å². The van der Waals surface area contributed by atoms with Gasteiger partial charge in [0.15, 0.2) is 4.90 Å². The molecule has 0 saturated heterocycles. The van der Waals surface area contributed by atoms with E-state index < -0.39 is 37.3 Å². The fourth-order valence-electron chi connectivity index (χ4n) is 1.62. The van der Waals surface area contributed by atoms with Gasteiger partial charge in [0.25, 0.3) is 0 Å². The number of nitro benzene ring substituents is 1. The van der Waals surface area contributed by atoms with Gasteiger partial charge in [0, 0.05) is 20.0 Å². The third kappa shape index (κ3) is 3.95. The molecule has 0 bridgehead atoms. The zero-order valence-corrected chi connectivity index (χ0v) is 11.8. The number of nitrogens with zero attached hydrogens (tertiary/aromatic N) is 2. The molecule has 0 heterocycles. The Kier molecular flexibility index (Phi) is 5.33. The van der Waals surface area contributed by atoms with Crippen LogP contribution in [0.5, 0.6) is 0 Å². The second kappa shape index (κ2) is 6.59. The van der Waals surface area contributed by atoms with E-state index in [-0.39, 0.29) is 19.4 Å². The lowest BCUT2D eigenvalue weighted by Gasteiger charge is -2.16. The van der Waals surface area contributed by atoms with Crippen LogP contribution in [-0.4, -0.2) is 42.3 Å². The Labute approximate surface area is 120 Å². The summed E-state index contributed by atoms with van der Waals surface area (Å²) in [5.41, 5.74) is -1.12. The summed E-state index contributed by atoms with van der Waals surface area (Å²) in [4.78, 5) is 19.3. The van der Waals surface area contributed by atoms with Crippen molar-refractivity contribution in [2.75, 3.05) is 13.6 Å². The van der Waals surface area contributed by atoms with Crippen molar-refractivity contribution in [1.82, 2.24) is 4.31 Å². The number of sulfonamides is 1. The molecule has 0 aliphatic heterocycles. The van der Waals surface area contributed by atoms with Crippen molar-refractivity contribution in [3.05, 3.63) is 34.1 Å². The van der Waals surface area contributed by atoms with Crippen molar-refractivity contribution >= 4 is 21.7 Å². The smallest absolute Gasteiger partial charge is 0.324 e. The monoisotopic (exact) mass is 320 g/mol. The average Bonchev–Trinajstić information content (AvgIpc) is 2.37. The van der Waals surface area contributed by atoms with Crippen LogP contribution in [0.4, 0.5) is 10.1 Å². The minimum atomic E-state index is -4.28. The summed E-state index contributed by atoms with van der Waals surface area (Å²) in [5.74, 6) is -2.34. The van der Waals surface area contributed by atoms with Gasteiger partial charge in [-0.25, -0.2) is 12.7 Å². The molecule has 1 aromatic carbocycles. The Morgan fingerprint density at radius 1 is 1.48 bits per heavy atom. The van der Waals surface area contributed by atoms with Crippen LogP contribution in [-0.2, 0) is 14.8 Å². The number of aliphatic carboxylic acids is 1. The van der Waals surface area contributed by atoms with Gasteiger partial charge in [-0.05, 0) is 18.6 Å². The maximum Gasteiger partial charge on any atom is 0.324 e. The van der Waals surface area contributed by atoms with E-state index in [1.165, 1.54) is 0 Å². The van der Waals surface area contributed by atoms with Crippen LogP contribution >= 0.6 is 0 Å². The van der Waals surface area contributed by atoms with Crippen molar-refractivity contribution in [3.8, 4) is 0 Å². The first-order valence-electron chi connectivity index (χ1n) is 5.79. The summed E-state index contributed by atoms with van der Waals surface area (Å²) in [5, 5.41) is 19.3. The molecule has 0 amide bonds. The van der Waals surface area contributed by atoms with E-state index in [4.69, 9.17) is 5.11 Å². The number of carboxylic acids is 1. The zero-order valence-electron chi connectivity index (χ0n) is 11.0. The molecule has 8 nitrogen and oxygen atoms in total. The van der Waals surface area contributed by atoms with Crippen molar-refractivity contribution in [3.63, 3.8) is 0 Å². The number of benzene rings is 1. The maximum atomic E-state index is 13.5. The van der Waals surface area contributed by atoms with Gasteiger partial charge < -0.3 is 5.11 Å². The van der Waals surface area contributed by atoms with Crippen LogP contribution in [0, 0.1) is 15.9 Å². The molecular formula is C11H13FN2O6S. The van der Waals surface area contributed by atoms with Gasteiger partial charge in [0.1, 0.15) is 0 Å². The van der Waals surface area contributed by atoms with Crippen LogP contribution < -0.4 is 0 Å². The number of nitro groups is 1.